The number of H-pyrrole nitrogens is 1. The first kappa shape index (κ1) is 9.18. The Hall–Kier alpha value is -1.39. The molecular formula is C9H14N4O. The summed E-state index contributed by atoms with van der Waals surface area (Å²) in [5, 5.41) is 6.26. The highest BCUT2D eigenvalue weighted by atomic mass is 16.2. The Morgan fingerprint density at radius 1 is 1.57 bits per heavy atom. The SMILES string of the molecule is CN(C(=O)c1ncn[nH]1)C1CCCC1. The molecule has 0 radical (unpaired) electrons. The molecule has 0 aliphatic heterocycles. The van der Waals surface area contributed by atoms with Crippen molar-refractivity contribution in [2.75, 3.05) is 7.05 Å². The number of nitrogens with zero attached hydrogens (tertiary/aromatic N) is 3. The average Bonchev–Trinajstić information content (AvgIpc) is 2.87. The van der Waals surface area contributed by atoms with E-state index >= 15 is 0 Å². The van der Waals surface area contributed by atoms with Gasteiger partial charge in [-0.1, -0.05) is 12.8 Å². The highest BCUT2D eigenvalue weighted by molar-refractivity contribution is 5.90. The summed E-state index contributed by atoms with van der Waals surface area (Å²) < 4.78 is 0. The summed E-state index contributed by atoms with van der Waals surface area (Å²) in [6.45, 7) is 0. The maximum atomic E-state index is 11.8. The molecule has 1 aliphatic carbocycles. The molecule has 0 aromatic carbocycles. The first-order valence-corrected chi connectivity index (χ1v) is 4.91. The molecule has 14 heavy (non-hydrogen) atoms. The molecule has 1 aromatic rings. The maximum absolute atomic E-state index is 11.8. The van der Waals surface area contributed by atoms with Crippen molar-refractivity contribution in [1.29, 1.82) is 0 Å². The lowest BCUT2D eigenvalue weighted by Crippen LogP contribution is -2.35. The first-order chi connectivity index (χ1) is 6.79. The van der Waals surface area contributed by atoms with E-state index < -0.39 is 0 Å². The molecule has 1 saturated carbocycles. The molecule has 1 amide bonds. The molecule has 0 saturated heterocycles. The molecule has 5 nitrogen and oxygen atoms in total. The Bertz CT molecular complexity index is 303. The van der Waals surface area contributed by atoms with Crippen LogP contribution >= 0.6 is 0 Å². The van der Waals surface area contributed by atoms with Gasteiger partial charge < -0.3 is 4.90 Å². The second kappa shape index (κ2) is 3.77. The van der Waals surface area contributed by atoms with Crippen molar-refractivity contribution < 1.29 is 4.79 Å². The van der Waals surface area contributed by atoms with Gasteiger partial charge in [-0.15, -0.1) is 0 Å². The topological polar surface area (TPSA) is 61.9 Å². The third-order valence-electron chi connectivity index (χ3n) is 2.81. The van der Waals surface area contributed by atoms with Crippen molar-refractivity contribution >= 4 is 5.91 Å². The Kier molecular flexibility index (Phi) is 2.47. The molecule has 0 bridgehead atoms. The number of nitrogens with one attached hydrogen (secondary N) is 1. The summed E-state index contributed by atoms with van der Waals surface area (Å²) >= 11 is 0. The zero-order chi connectivity index (χ0) is 9.97. The van der Waals surface area contributed by atoms with Crippen LogP contribution in [0.1, 0.15) is 36.3 Å². The monoisotopic (exact) mass is 194 g/mol. The van der Waals surface area contributed by atoms with E-state index in [-0.39, 0.29) is 5.91 Å². The number of carbonyl (C=O) groups is 1. The molecular weight excluding hydrogens is 180 g/mol. The van der Waals surface area contributed by atoms with Crippen molar-refractivity contribution in [3.05, 3.63) is 12.2 Å². The number of aromatic nitrogens is 3. The molecule has 1 aromatic heterocycles. The summed E-state index contributed by atoms with van der Waals surface area (Å²) in [5.41, 5.74) is 0. The molecule has 1 N–H and O–H groups in total. The fourth-order valence-corrected chi connectivity index (χ4v) is 1.93. The molecule has 0 unspecified atom stereocenters. The lowest BCUT2D eigenvalue weighted by Gasteiger charge is -2.22. The predicted octanol–water partition coefficient (Wildman–Crippen LogP) is 0.819. The van der Waals surface area contributed by atoms with E-state index in [1.54, 1.807) is 4.90 Å². The van der Waals surface area contributed by atoms with E-state index in [1.165, 1.54) is 19.2 Å². The van der Waals surface area contributed by atoms with Gasteiger partial charge in [-0.05, 0) is 12.8 Å². The van der Waals surface area contributed by atoms with Gasteiger partial charge in [-0.2, -0.15) is 5.10 Å². The Morgan fingerprint density at radius 2 is 2.29 bits per heavy atom. The van der Waals surface area contributed by atoms with E-state index in [9.17, 15) is 4.79 Å². The number of aromatic amines is 1. The number of carbonyl (C=O) groups excluding carboxylic acids is 1. The molecule has 5 heteroatoms. The third-order valence-corrected chi connectivity index (χ3v) is 2.81. The van der Waals surface area contributed by atoms with Crippen molar-refractivity contribution in [3.63, 3.8) is 0 Å². The summed E-state index contributed by atoms with van der Waals surface area (Å²) in [4.78, 5) is 17.4. The lowest BCUT2D eigenvalue weighted by atomic mass is 10.2. The predicted molar refractivity (Wildman–Crippen MR) is 50.7 cm³/mol. The van der Waals surface area contributed by atoms with Crippen molar-refractivity contribution in [3.8, 4) is 0 Å². The molecule has 1 heterocycles. The van der Waals surface area contributed by atoms with Gasteiger partial charge in [-0.3, -0.25) is 9.89 Å². The number of hydrogen-bond acceptors (Lipinski definition) is 3. The van der Waals surface area contributed by atoms with Gasteiger partial charge >= 0.3 is 0 Å². The fraction of sp³-hybridized carbons (Fsp3) is 0.667. The zero-order valence-electron chi connectivity index (χ0n) is 8.23. The molecule has 76 valence electrons. The second-order valence-electron chi connectivity index (χ2n) is 3.69. The average molecular weight is 194 g/mol. The van der Waals surface area contributed by atoms with E-state index in [0.717, 1.165) is 12.8 Å². The van der Waals surface area contributed by atoms with Crippen LogP contribution in [-0.4, -0.2) is 39.1 Å². The standard InChI is InChI=1S/C9H14N4O/c1-13(7-4-2-3-5-7)9(14)8-10-6-11-12-8/h6-7H,2-5H2,1H3,(H,10,11,12). The minimum atomic E-state index is -0.0607. The van der Waals surface area contributed by atoms with Gasteiger partial charge in [-0.25, -0.2) is 4.98 Å². The fourth-order valence-electron chi connectivity index (χ4n) is 1.93. The van der Waals surface area contributed by atoms with E-state index in [4.69, 9.17) is 0 Å². The van der Waals surface area contributed by atoms with Crippen LogP contribution in [0.2, 0.25) is 0 Å². The van der Waals surface area contributed by atoms with Gasteiger partial charge in [0.25, 0.3) is 5.91 Å². The first-order valence-electron chi connectivity index (χ1n) is 4.91. The number of hydrogen-bond donors (Lipinski definition) is 1. The minimum absolute atomic E-state index is 0.0607. The van der Waals surface area contributed by atoms with Crippen LogP contribution in [-0.2, 0) is 0 Å². The van der Waals surface area contributed by atoms with Crippen LogP contribution in [0.3, 0.4) is 0 Å². The molecule has 2 rings (SSSR count). The third kappa shape index (κ3) is 1.62. The maximum Gasteiger partial charge on any atom is 0.291 e. The molecule has 0 atom stereocenters. The summed E-state index contributed by atoms with van der Waals surface area (Å²) in [5.74, 6) is 0.272. The van der Waals surface area contributed by atoms with Gasteiger partial charge in [0.15, 0.2) is 0 Å². The normalized spacial score (nSPS) is 17.2. The van der Waals surface area contributed by atoms with E-state index in [2.05, 4.69) is 15.2 Å². The molecule has 0 spiro atoms. The number of amides is 1. The second-order valence-corrected chi connectivity index (χ2v) is 3.69. The van der Waals surface area contributed by atoms with Gasteiger partial charge in [0.1, 0.15) is 6.33 Å². The quantitative estimate of drug-likeness (QED) is 0.758. The minimum Gasteiger partial charge on any atom is -0.336 e. The van der Waals surface area contributed by atoms with Crippen molar-refractivity contribution in [2.24, 2.45) is 0 Å². The summed E-state index contributed by atoms with van der Waals surface area (Å²) in [6, 6.07) is 0.382. The van der Waals surface area contributed by atoms with Crippen LogP contribution in [0.15, 0.2) is 6.33 Å². The van der Waals surface area contributed by atoms with E-state index in [0.29, 0.717) is 11.9 Å². The summed E-state index contributed by atoms with van der Waals surface area (Å²) in [6.07, 6.45) is 6.01. The smallest absolute Gasteiger partial charge is 0.291 e. The summed E-state index contributed by atoms with van der Waals surface area (Å²) in [7, 11) is 1.83. The Balaban J connectivity index is 2.04. The zero-order valence-corrected chi connectivity index (χ0v) is 8.23. The Morgan fingerprint density at radius 3 is 2.86 bits per heavy atom. The lowest BCUT2D eigenvalue weighted by molar-refractivity contribution is 0.0723. The molecule has 1 aliphatic rings. The van der Waals surface area contributed by atoms with Crippen LogP contribution in [0, 0.1) is 0 Å². The van der Waals surface area contributed by atoms with Crippen LogP contribution in [0.4, 0.5) is 0 Å². The van der Waals surface area contributed by atoms with Crippen LogP contribution < -0.4 is 0 Å². The molecule has 1 fully saturated rings. The van der Waals surface area contributed by atoms with Crippen LogP contribution in [0.5, 0.6) is 0 Å². The van der Waals surface area contributed by atoms with Crippen molar-refractivity contribution in [2.45, 2.75) is 31.7 Å². The Labute approximate surface area is 82.5 Å². The van der Waals surface area contributed by atoms with Crippen molar-refractivity contribution in [1.82, 2.24) is 20.1 Å². The highest BCUT2D eigenvalue weighted by Crippen LogP contribution is 2.22. The van der Waals surface area contributed by atoms with Gasteiger partial charge in [0, 0.05) is 13.1 Å². The van der Waals surface area contributed by atoms with E-state index in [1.807, 2.05) is 7.05 Å². The highest BCUT2D eigenvalue weighted by Gasteiger charge is 2.25. The number of rotatable bonds is 2. The van der Waals surface area contributed by atoms with Gasteiger partial charge in [0.2, 0.25) is 5.82 Å². The largest absolute Gasteiger partial charge is 0.336 e. The van der Waals surface area contributed by atoms with Crippen LogP contribution in [0.25, 0.3) is 0 Å². The van der Waals surface area contributed by atoms with Gasteiger partial charge in [0.05, 0.1) is 0 Å².